The molecule has 0 radical (unpaired) electrons. The van der Waals surface area contributed by atoms with Crippen molar-refractivity contribution in [3.63, 3.8) is 0 Å². The Morgan fingerprint density at radius 1 is 0.351 bits per heavy atom. The average molecular weight is 807 g/mol. The van der Waals surface area contributed by atoms with Crippen molar-refractivity contribution >= 4 is 17.9 Å². The molecule has 0 N–H and O–H groups in total. The minimum Gasteiger partial charge on any atom is -0.462 e. The lowest BCUT2D eigenvalue weighted by molar-refractivity contribution is -0.167. The van der Waals surface area contributed by atoms with Crippen molar-refractivity contribution in [2.24, 2.45) is 5.92 Å². The third kappa shape index (κ3) is 43.8. The Balaban J connectivity index is 4.28. The molecule has 0 spiro atoms. The second-order valence-corrected chi connectivity index (χ2v) is 17.7. The molecule has 0 aromatic carbocycles. The van der Waals surface area contributed by atoms with Crippen LogP contribution in [0.2, 0.25) is 0 Å². The van der Waals surface area contributed by atoms with E-state index in [-0.39, 0.29) is 31.1 Å². The Bertz CT molecular complexity index is 859. The van der Waals surface area contributed by atoms with Gasteiger partial charge in [-0.2, -0.15) is 0 Å². The van der Waals surface area contributed by atoms with Gasteiger partial charge in [0.2, 0.25) is 0 Å². The zero-order chi connectivity index (χ0) is 41.7. The van der Waals surface area contributed by atoms with E-state index in [0.29, 0.717) is 19.3 Å². The van der Waals surface area contributed by atoms with Gasteiger partial charge in [-0.1, -0.05) is 246 Å². The molecule has 6 heteroatoms. The molecule has 0 amide bonds. The van der Waals surface area contributed by atoms with Crippen LogP contribution in [0, 0.1) is 5.92 Å². The predicted molar refractivity (Wildman–Crippen MR) is 243 cm³/mol. The van der Waals surface area contributed by atoms with E-state index < -0.39 is 6.10 Å². The van der Waals surface area contributed by atoms with Crippen LogP contribution in [0.25, 0.3) is 0 Å². The van der Waals surface area contributed by atoms with Gasteiger partial charge in [0.1, 0.15) is 13.2 Å². The van der Waals surface area contributed by atoms with E-state index in [1.165, 1.54) is 180 Å². The highest BCUT2D eigenvalue weighted by molar-refractivity contribution is 5.71. The summed E-state index contributed by atoms with van der Waals surface area (Å²) in [5, 5.41) is 0. The van der Waals surface area contributed by atoms with Gasteiger partial charge in [-0.3, -0.25) is 14.4 Å². The summed E-state index contributed by atoms with van der Waals surface area (Å²) in [5.74, 6) is 0.0223. The number of unbranched alkanes of at least 4 members (excludes halogenated alkanes) is 32. The second kappa shape index (κ2) is 45.5. The first-order valence-electron chi connectivity index (χ1n) is 25.4. The summed E-state index contributed by atoms with van der Waals surface area (Å²) in [5.41, 5.74) is 0. The summed E-state index contributed by atoms with van der Waals surface area (Å²) in [6, 6.07) is 0. The summed E-state index contributed by atoms with van der Waals surface area (Å²) in [7, 11) is 0. The van der Waals surface area contributed by atoms with Crippen molar-refractivity contribution in [2.75, 3.05) is 13.2 Å². The summed E-state index contributed by atoms with van der Waals surface area (Å²) in [6.07, 6.45) is 46.5. The van der Waals surface area contributed by atoms with Crippen molar-refractivity contribution in [3.05, 3.63) is 0 Å². The highest BCUT2D eigenvalue weighted by atomic mass is 16.6. The van der Waals surface area contributed by atoms with E-state index in [1.807, 2.05) is 0 Å². The fourth-order valence-electron chi connectivity index (χ4n) is 7.66. The van der Waals surface area contributed by atoms with E-state index in [0.717, 1.165) is 63.7 Å². The predicted octanol–water partition coefficient (Wildman–Crippen LogP) is 16.3. The largest absolute Gasteiger partial charge is 0.462 e. The van der Waals surface area contributed by atoms with Crippen LogP contribution in [0.1, 0.15) is 285 Å². The van der Waals surface area contributed by atoms with Gasteiger partial charge in [-0.25, -0.2) is 0 Å². The lowest BCUT2D eigenvalue weighted by Gasteiger charge is -2.18. The van der Waals surface area contributed by atoms with Crippen molar-refractivity contribution in [1.82, 2.24) is 0 Å². The maximum atomic E-state index is 12.7. The zero-order valence-corrected chi connectivity index (χ0v) is 38.8. The Morgan fingerprint density at radius 2 is 0.614 bits per heavy atom. The molecule has 0 saturated heterocycles. The van der Waals surface area contributed by atoms with Crippen LogP contribution in [0.3, 0.4) is 0 Å². The maximum absolute atomic E-state index is 12.7. The molecule has 0 saturated carbocycles. The first-order valence-corrected chi connectivity index (χ1v) is 25.4. The monoisotopic (exact) mass is 807 g/mol. The van der Waals surface area contributed by atoms with Crippen LogP contribution in [-0.2, 0) is 28.6 Å². The summed E-state index contributed by atoms with van der Waals surface area (Å²) >= 11 is 0. The summed E-state index contributed by atoms with van der Waals surface area (Å²) in [6.45, 7) is 9.03. The smallest absolute Gasteiger partial charge is 0.306 e. The van der Waals surface area contributed by atoms with Crippen LogP contribution >= 0.6 is 0 Å². The molecule has 0 aliphatic rings. The topological polar surface area (TPSA) is 78.9 Å². The van der Waals surface area contributed by atoms with Gasteiger partial charge in [0.25, 0.3) is 0 Å². The molecule has 0 rings (SSSR count). The van der Waals surface area contributed by atoms with E-state index >= 15 is 0 Å². The molecule has 0 heterocycles. The minimum atomic E-state index is -0.760. The normalized spacial score (nSPS) is 12.4. The van der Waals surface area contributed by atoms with Crippen molar-refractivity contribution in [2.45, 2.75) is 291 Å². The Hall–Kier alpha value is -1.59. The lowest BCUT2D eigenvalue weighted by atomic mass is 9.99. The molecule has 57 heavy (non-hydrogen) atoms. The van der Waals surface area contributed by atoms with Gasteiger partial charge in [0.15, 0.2) is 6.10 Å². The maximum Gasteiger partial charge on any atom is 0.306 e. The van der Waals surface area contributed by atoms with Gasteiger partial charge < -0.3 is 14.2 Å². The van der Waals surface area contributed by atoms with Gasteiger partial charge in [0, 0.05) is 19.3 Å². The lowest BCUT2D eigenvalue weighted by Crippen LogP contribution is -2.30. The molecule has 1 unspecified atom stereocenters. The van der Waals surface area contributed by atoms with Gasteiger partial charge >= 0.3 is 17.9 Å². The summed E-state index contributed by atoms with van der Waals surface area (Å²) in [4.78, 5) is 37.9. The van der Waals surface area contributed by atoms with E-state index in [2.05, 4.69) is 27.7 Å². The SMILES string of the molecule is CCCCCCCCCCCCCCCCCC(=O)OC[C@H](COC(=O)CCCCCCCCCCCCC(C)CC)OC(=O)CCCCCCCCCCCC. The molecule has 338 valence electrons. The molecule has 0 aromatic heterocycles. The molecule has 0 fully saturated rings. The quantitative estimate of drug-likeness (QED) is 0.0346. The van der Waals surface area contributed by atoms with Crippen molar-refractivity contribution < 1.29 is 28.6 Å². The van der Waals surface area contributed by atoms with Crippen LogP contribution in [0.15, 0.2) is 0 Å². The first kappa shape index (κ1) is 55.4. The first-order chi connectivity index (χ1) is 27.9. The molecular weight excluding hydrogens is 709 g/mol. The number of ether oxygens (including phenoxy) is 3. The highest BCUT2D eigenvalue weighted by Crippen LogP contribution is 2.17. The third-order valence-corrected chi connectivity index (χ3v) is 11.9. The van der Waals surface area contributed by atoms with Gasteiger partial charge in [-0.05, 0) is 25.2 Å². The Morgan fingerprint density at radius 3 is 0.912 bits per heavy atom. The Labute approximate surface area is 355 Å². The van der Waals surface area contributed by atoms with E-state index in [1.54, 1.807) is 0 Å². The van der Waals surface area contributed by atoms with E-state index in [4.69, 9.17) is 14.2 Å². The molecule has 0 aliphatic heterocycles. The average Bonchev–Trinajstić information content (AvgIpc) is 3.21. The number of carbonyl (C=O) groups excluding carboxylic acids is 3. The molecule has 0 aliphatic carbocycles. The number of rotatable bonds is 46. The molecule has 6 nitrogen and oxygen atoms in total. The fourth-order valence-corrected chi connectivity index (χ4v) is 7.66. The number of carbonyl (C=O) groups is 3. The molecule has 0 bridgehead atoms. The molecule has 0 aromatic rings. The van der Waals surface area contributed by atoms with Crippen LogP contribution in [0.4, 0.5) is 0 Å². The fraction of sp³-hybridized carbons (Fsp3) is 0.941. The summed E-state index contributed by atoms with van der Waals surface area (Å²) < 4.78 is 16.8. The highest BCUT2D eigenvalue weighted by Gasteiger charge is 2.19. The van der Waals surface area contributed by atoms with Crippen LogP contribution in [-0.4, -0.2) is 37.2 Å². The van der Waals surface area contributed by atoms with E-state index in [9.17, 15) is 14.4 Å². The van der Waals surface area contributed by atoms with Gasteiger partial charge in [0.05, 0.1) is 0 Å². The third-order valence-electron chi connectivity index (χ3n) is 11.9. The molecular formula is C51H98O6. The van der Waals surface area contributed by atoms with Crippen molar-refractivity contribution in [1.29, 1.82) is 0 Å². The number of hydrogen-bond donors (Lipinski definition) is 0. The minimum absolute atomic E-state index is 0.0630. The van der Waals surface area contributed by atoms with Gasteiger partial charge in [-0.15, -0.1) is 0 Å². The van der Waals surface area contributed by atoms with Crippen LogP contribution in [0.5, 0.6) is 0 Å². The number of hydrogen-bond acceptors (Lipinski definition) is 6. The van der Waals surface area contributed by atoms with Crippen molar-refractivity contribution in [3.8, 4) is 0 Å². The van der Waals surface area contributed by atoms with Crippen LogP contribution < -0.4 is 0 Å². The standard InChI is InChI=1S/C51H98O6/c1-5-8-10-12-14-16-18-19-20-21-22-27-30-34-38-42-49(52)55-45-48(57-51(54)44-40-36-32-26-17-15-13-11-9-6-2)46-56-50(53)43-39-35-31-28-24-23-25-29-33-37-41-47(4)7-3/h47-48H,5-46H2,1-4H3/t47?,48-/m1/s1. The zero-order valence-electron chi connectivity index (χ0n) is 38.8. The molecule has 2 atom stereocenters. The number of esters is 3. The Kier molecular flexibility index (Phi) is 44.2. The second-order valence-electron chi connectivity index (χ2n) is 17.7.